The molecule has 8 nitrogen and oxygen atoms in total. The first-order valence-corrected chi connectivity index (χ1v) is 9.20. The number of aromatic nitrogens is 5. The van der Waals surface area contributed by atoms with E-state index in [0.717, 1.165) is 5.56 Å². The predicted molar refractivity (Wildman–Crippen MR) is 108 cm³/mol. The van der Waals surface area contributed by atoms with Crippen LogP contribution in [0.25, 0.3) is 0 Å². The summed E-state index contributed by atoms with van der Waals surface area (Å²) >= 11 is 5.86. The number of ether oxygens (including phenoxy) is 1. The van der Waals surface area contributed by atoms with Gasteiger partial charge in [-0.2, -0.15) is 5.10 Å². The molecule has 0 atom stereocenters. The van der Waals surface area contributed by atoms with E-state index in [2.05, 4.69) is 20.5 Å². The number of carbonyl (C=O) groups is 1. The lowest BCUT2D eigenvalue weighted by Crippen LogP contribution is -2.20. The maximum absolute atomic E-state index is 12.6. The molecule has 9 heteroatoms. The van der Waals surface area contributed by atoms with Crippen molar-refractivity contribution in [3.63, 3.8) is 0 Å². The first-order chi connectivity index (χ1) is 14.2. The van der Waals surface area contributed by atoms with Crippen molar-refractivity contribution in [1.82, 2.24) is 24.5 Å². The molecule has 0 unspecified atom stereocenters. The third-order valence-electron chi connectivity index (χ3n) is 4.07. The molecule has 1 N–H and O–H groups in total. The molecule has 4 rings (SSSR count). The molecule has 0 bridgehead atoms. The summed E-state index contributed by atoms with van der Waals surface area (Å²) in [5, 5.41) is 11.7. The Kier molecular flexibility index (Phi) is 5.53. The van der Waals surface area contributed by atoms with Gasteiger partial charge in [0.2, 0.25) is 5.95 Å². The van der Waals surface area contributed by atoms with E-state index in [1.165, 1.54) is 10.9 Å². The van der Waals surface area contributed by atoms with Crippen molar-refractivity contribution in [1.29, 1.82) is 0 Å². The SMILES string of the molecule is O=C(Nc1ncn(Cc2ccccc2)n1)c1ccnn1COc1ccc(Cl)cc1. The molecule has 2 aromatic carbocycles. The first-order valence-electron chi connectivity index (χ1n) is 8.82. The zero-order valence-corrected chi connectivity index (χ0v) is 16.0. The van der Waals surface area contributed by atoms with Crippen molar-refractivity contribution in [3.8, 4) is 5.75 Å². The highest BCUT2D eigenvalue weighted by molar-refractivity contribution is 6.30. The minimum Gasteiger partial charge on any atom is -0.471 e. The number of amides is 1. The summed E-state index contributed by atoms with van der Waals surface area (Å²) in [6.45, 7) is 0.643. The summed E-state index contributed by atoms with van der Waals surface area (Å²) in [6, 6.07) is 18.4. The Balaban J connectivity index is 1.38. The molecule has 4 aromatic rings. The van der Waals surface area contributed by atoms with Gasteiger partial charge in [-0.15, -0.1) is 5.10 Å². The largest absolute Gasteiger partial charge is 0.471 e. The maximum Gasteiger partial charge on any atom is 0.276 e. The molecule has 0 aliphatic heterocycles. The van der Waals surface area contributed by atoms with Crippen molar-refractivity contribution in [2.24, 2.45) is 0 Å². The molecule has 2 heterocycles. The highest BCUT2D eigenvalue weighted by atomic mass is 35.5. The van der Waals surface area contributed by atoms with E-state index in [1.54, 1.807) is 41.3 Å². The number of rotatable bonds is 7. The summed E-state index contributed by atoms with van der Waals surface area (Å²) in [5.41, 5.74) is 1.42. The van der Waals surface area contributed by atoms with Crippen molar-refractivity contribution >= 4 is 23.5 Å². The molecule has 0 radical (unpaired) electrons. The Labute approximate surface area is 171 Å². The minimum atomic E-state index is -0.375. The molecule has 2 aromatic heterocycles. The van der Waals surface area contributed by atoms with E-state index in [-0.39, 0.29) is 18.6 Å². The monoisotopic (exact) mass is 408 g/mol. The minimum absolute atomic E-state index is 0.0766. The number of anilines is 1. The Morgan fingerprint density at radius 2 is 1.86 bits per heavy atom. The lowest BCUT2D eigenvalue weighted by atomic mass is 10.2. The molecular weight excluding hydrogens is 392 g/mol. The summed E-state index contributed by atoms with van der Waals surface area (Å²) in [4.78, 5) is 16.7. The molecule has 146 valence electrons. The zero-order chi connectivity index (χ0) is 20.1. The van der Waals surface area contributed by atoms with E-state index in [1.807, 2.05) is 30.3 Å². The summed E-state index contributed by atoms with van der Waals surface area (Å²) in [7, 11) is 0. The number of hydrogen-bond donors (Lipinski definition) is 1. The molecule has 0 fully saturated rings. The van der Waals surface area contributed by atoms with Crippen LogP contribution < -0.4 is 10.1 Å². The van der Waals surface area contributed by atoms with Crippen LogP contribution in [0.2, 0.25) is 5.02 Å². The number of carbonyl (C=O) groups excluding carboxylic acids is 1. The third-order valence-corrected chi connectivity index (χ3v) is 4.32. The standard InChI is InChI=1S/C20H17ClN6O2/c21-16-6-8-17(9-7-16)29-14-27-18(10-11-23-27)19(28)24-20-22-13-26(25-20)12-15-4-2-1-3-5-15/h1-11,13H,12,14H2,(H,24,25,28). The van der Waals surface area contributed by atoms with Crippen molar-refractivity contribution in [2.45, 2.75) is 13.3 Å². The van der Waals surface area contributed by atoms with Gasteiger partial charge in [0, 0.05) is 11.2 Å². The van der Waals surface area contributed by atoms with Gasteiger partial charge in [-0.05, 0) is 35.9 Å². The topological polar surface area (TPSA) is 86.9 Å². The van der Waals surface area contributed by atoms with Crippen LogP contribution in [0.4, 0.5) is 5.95 Å². The quantitative estimate of drug-likeness (QED) is 0.506. The number of hydrogen-bond acceptors (Lipinski definition) is 5. The average Bonchev–Trinajstić information content (AvgIpc) is 3.38. The van der Waals surface area contributed by atoms with Gasteiger partial charge in [0.05, 0.1) is 6.54 Å². The van der Waals surface area contributed by atoms with Gasteiger partial charge < -0.3 is 4.74 Å². The first kappa shape index (κ1) is 18.7. The number of nitrogens with one attached hydrogen (secondary N) is 1. The van der Waals surface area contributed by atoms with Crippen LogP contribution in [0, 0.1) is 0 Å². The highest BCUT2D eigenvalue weighted by Crippen LogP contribution is 2.16. The number of nitrogens with zero attached hydrogens (tertiary/aromatic N) is 5. The van der Waals surface area contributed by atoms with Crippen LogP contribution in [0.3, 0.4) is 0 Å². The van der Waals surface area contributed by atoms with Crippen molar-refractivity contribution in [3.05, 3.63) is 89.5 Å². The Morgan fingerprint density at radius 3 is 2.66 bits per heavy atom. The molecule has 0 aliphatic rings. The third kappa shape index (κ3) is 4.80. The van der Waals surface area contributed by atoms with Crippen LogP contribution in [0.15, 0.2) is 73.2 Å². The van der Waals surface area contributed by atoms with E-state index in [9.17, 15) is 4.79 Å². The fourth-order valence-corrected chi connectivity index (χ4v) is 2.79. The molecule has 0 saturated carbocycles. The number of halogens is 1. The van der Waals surface area contributed by atoms with E-state index < -0.39 is 0 Å². The molecule has 0 spiro atoms. The Morgan fingerprint density at radius 1 is 1.07 bits per heavy atom. The van der Waals surface area contributed by atoms with E-state index in [4.69, 9.17) is 16.3 Å². The second-order valence-electron chi connectivity index (χ2n) is 6.15. The lowest BCUT2D eigenvalue weighted by Gasteiger charge is -2.09. The van der Waals surface area contributed by atoms with Crippen LogP contribution in [-0.2, 0) is 13.3 Å². The predicted octanol–water partition coefficient (Wildman–Crippen LogP) is 3.47. The molecule has 0 aliphatic carbocycles. The smallest absolute Gasteiger partial charge is 0.276 e. The van der Waals surface area contributed by atoms with E-state index >= 15 is 0 Å². The van der Waals surface area contributed by atoms with Gasteiger partial charge in [0.15, 0.2) is 6.73 Å². The van der Waals surface area contributed by atoms with Crippen molar-refractivity contribution < 1.29 is 9.53 Å². The Hall–Kier alpha value is -3.65. The zero-order valence-electron chi connectivity index (χ0n) is 15.3. The fourth-order valence-electron chi connectivity index (χ4n) is 2.66. The second-order valence-corrected chi connectivity index (χ2v) is 6.59. The second kappa shape index (κ2) is 8.57. The summed E-state index contributed by atoms with van der Waals surface area (Å²) < 4.78 is 8.75. The molecule has 29 heavy (non-hydrogen) atoms. The van der Waals surface area contributed by atoms with Gasteiger partial charge >= 0.3 is 0 Å². The van der Waals surface area contributed by atoms with Crippen LogP contribution in [-0.4, -0.2) is 30.5 Å². The van der Waals surface area contributed by atoms with Crippen LogP contribution >= 0.6 is 11.6 Å². The molecule has 0 saturated heterocycles. The normalized spacial score (nSPS) is 10.7. The van der Waals surface area contributed by atoms with Crippen LogP contribution in [0.1, 0.15) is 16.1 Å². The maximum atomic E-state index is 12.6. The lowest BCUT2D eigenvalue weighted by molar-refractivity contribution is 0.100. The summed E-state index contributed by atoms with van der Waals surface area (Å²) in [6.07, 6.45) is 3.10. The van der Waals surface area contributed by atoms with Gasteiger partial charge in [0.1, 0.15) is 17.8 Å². The van der Waals surface area contributed by atoms with Gasteiger partial charge in [-0.25, -0.2) is 14.3 Å². The van der Waals surface area contributed by atoms with Crippen molar-refractivity contribution in [2.75, 3.05) is 5.32 Å². The van der Waals surface area contributed by atoms with Gasteiger partial charge in [0.25, 0.3) is 5.91 Å². The average molecular weight is 409 g/mol. The molecule has 1 amide bonds. The summed E-state index contributed by atoms with van der Waals surface area (Å²) in [5.74, 6) is 0.467. The number of benzene rings is 2. The van der Waals surface area contributed by atoms with Gasteiger partial charge in [-0.3, -0.25) is 10.1 Å². The highest BCUT2D eigenvalue weighted by Gasteiger charge is 2.15. The Bertz CT molecular complexity index is 1090. The van der Waals surface area contributed by atoms with E-state index in [0.29, 0.717) is 23.0 Å². The van der Waals surface area contributed by atoms with Crippen LogP contribution in [0.5, 0.6) is 5.75 Å². The van der Waals surface area contributed by atoms with Gasteiger partial charge in [-0.1, -0.05) is 41.9 Å². The molecular formula is C20H17ClN6O2. The fraction of sp³-hybridized carbons (Fsp3) is 0.100.